The Morgan fingerprint density at radius 2 is 2.00 bits per heavy atom. The summed E-state index contributed by atoms with van der Waals surface area (Å²) in [7, 11) is -3.20. The van der Waals surface area contributed by atoms with E-state index in [1.807, 2.05) is 26.0 Å². The molecule has 0 radical (unpaired) electrons. The molecule has 0 bridgehead atoms. The van der Waals surface area contributed by atoms with Crippen LogP contribution >= 0.6 is 0 Å². The third-order valence-electron chi connectivity index (χ3n) is 3.69. The number of likely N-dealkylation sites (tertiary alicyclic amines) is 1. The summed E-state index contributed by atoms with van der Waals surface area (Å²) >= 11 is 0. The number of aryl methyl sites for hydroxylation is 1. The Morgan fingerprint density at radius 1 is 1.36 bits per heavy atom. The number of piperidine rings is 1. The number of rotatable bonds is 4. The molecule has 7 nitrogen and oxygen atoms in total. The van der Waals surface area contributed by atoms with Crippen molar-refractivity contribution in [3.8, 4) is 0 Å². The van der Waals surface area contributed by atoms with Gasteiger partial charge in [0.15, 0.2) is 0 Å². The van der Waals surface area contributed by atoms with E-state index in [0.717, 1.165) is 17.8 Å². The van der Waals surface area contributed by atoms with Crippen molar-refractivity contribution in [3.05, 3.63) is 23.7 Å². The number of nitrogens with zero attached hydrogens (tertiary/aromatic N) is 1. The van der Waals surface area contributed by atoms with E-state index in [4.69, 9.17) is 4.42 Å². The maximum absolute atomic E-state index is 12.2. The molecule has 22 heavy (non-hydrogen) atoms. The highest BCUT2D eigenvalue weighted by atomic mass is 32.2. The molecule has 1 aliphatic heterocycles. The van der Waals surface area contributed by atoms with Crippen molar-refractivity contribution >= 4 is 16.1 Å². The fourth-order valence-electron chi connectivity index (χ4n) is 2.54. The molecule has 2 rings (SSSR count). The first-order chi connectivity index (χ1) is 10.2. The Hall–Kier alpha value is -1.54. The number of urea groups is 1. The zero-order chi connectivity index (χ0) is 16.3. The van der Waals surface area contributed by atoms with Crippen LogP contribution in [0.5, 0.6) is 0 Å². The quantitative estimate of drug-likeness (QED) is 0.873. The molecule has 2 amide bonds. The summed E-state index contributed by atoms with van der Waals surface area (Å²) < 4.78 is 30.5. The van der Waals surface area contributed by atoms with Crippen LogP contribution in [-0.4, -0.2) is 44.7 Å². The predicted octanol–water partition coefficient (Wildman–Crippen LogP) is 1.37. The van der Waals surface area contributed by atoms with Crippen LogP contribution in [0.2, 0.25) is 0 Å². The highest BCUT2D eigenvalue weighted by Gasteiger charge is 2.25. The summed E-state index contributed by atoms with van der Waals surface area (Å²) in [6.07, 6.45) is 2.39. The van der Waals surface area contributed by atoms with Gasteiger partial charge in [0.05, 0.1) is 12.3 Å². The first kappa shape index (κ1) is 16.8. The van der Waals surface area contributed by atoms with Crippen molar-refractivity contribution in [1.29, 1.82) is 0 Å². The van der Waals surface area contributed by atoms with Crippen molar-refractivity contribution < 1.29 is 17.6 Å². The van der Waals surface area contributed by atoms with Crippen LogP contribution in [0.1, 0.15) is 37.3 Å². The van der Waals surface area contributed by atoms with Crippen molar-refractivity contribution in [2.75, 3.05) is 19.3 Å². The summed E-state index contributed by atoms with van der Waals surface area (Å²) in [4.78, 5) is 13.9. The molecule has 1 aliphatic rings. The van der Waals surface area contributed by atoms with Crippen LogP contribution in [0.4, 0.5) is 4.79 Å². The van der Waals surface area contributed by atoms with Gasteiger partial charge in [-0.05, 0) is 38.8 Å². The minimum atomic E-state index is -3.20. The molecule has 0 saturated carbocycles. The molecule has 124 valence electrons. The monoisotopic (exact) mass is 329 g/mol. The van der Waals surface area contributed by atoms with E-state index in [0.29, 0.717) is 25.9 Å². The summed E-state index contributed by atoms with van der Waals surface area (Å²) in [6.45, 7) is 4.79. The number of nitrogens with one attached hydrogen (secondary N) is 2. The van der Waals surface area contributed by atoms with E-state index < -0.39 is 10.0 Å². The molecule has 2 N–H and O–H groups in total. The number of furan rings is 1. The fourth-order valence-corrected chi connectivity index (χ4v) is 3.38. The van der Waals surface area contributed by atoms with Gasteiger partial charge in [-0.3, -0.25) is 0 Å². The largest absolute Gasteiger partial charge is 0.464 e. The maximum Gasteiger partial charge on any atom is 0.317 e. The molecule has 0 aromatic carbocycles. The first-order valence-electron chi connectivity index (χ1n) is 7.33. The molecule has 0 aliphatic carbocycles. The van der Waals surface area contributed by atoms with Gasteiger partial charge in [-0.25, -0.2) is 17.9 Å². The normalized spacial score (nSPS) is 18.2. The lowest BCUT2D eigenvalue weighted by atomic mass is 10.1. The topological polar surface area (TPSA) is 91.7 Å². The number of sulfonamides is 1. The van der Waals surface area contributed by atoms with Gasteiger partial charge in [-0.2, -0.15) is 0 Å². The number of amides is 2. The second kappa shape index (κ2) is 6.70. The third-order valence-corrected chi connectivity index (χ3v) is 4.45. The van der Waals surface area contributed by atoms with Gasteiger partial charge in [0, 0.05) is 19.1 Å². The van der Waals surface area contributed by atoms with Crippen LogP contribution < -0.4 is 10.0 Å². The van der Waals surface area contributed by atoms with Gasteiger partial charge in [-0.1, -0.05) is 0 Å². The van der Waals surface area contributed by atoms with Crippen LogP contribution in [0.25, 0.3) is 0 Å². The average Bonchev–Trinajstić information content (AvgIpc) is 2.84. The zero-order valence-electron chi connectivity index (χ0n) is 13.1. The van der Waals surface area contributed by atoms with Gasteiger partial charge in [0.1, 0.15) is 11.5 Å². The fraction of sp³-hybridized carbons (Fsp3) is 0.643. The average molecular weight is 329 g/mol. The SMILES string of the molecule is Cc1ccc(C(C)NC(=O)N2CCC(NS(C)(=O)=O)CC2)o1. The lowest BCUT2D eigenvalue weighted by Gasteiger charge is -2.32. The third kappa shape index (κ3) is 4.74. The molecule has 8 heteroatoms. The molecule has 1 unspecified atom stereocenters. The van der Waals surface area contributed by atoms with Crippen molar-refractivity contribution in [2.45, 2.75) is 38.8 Å². The van der Waals surface area contributed by atoms with Crippen molar-refractivity contribution in [3.63, 3.8) is 0 Å². The molecule has 1 saturated heterocycles. The second-order valence-corrected chi connectivity index (χ2v) is 7.55. The predicted molar refractivity (Wildman–Crippen MR) is 83.0 cm³/mol. The minimum absolute atomic E-state index is 0.0933. The highest BCUT2D eigenvalue weighted by molar-refractivity contribution is 7.88. The van der Waals surface area contributed by atoms with Crippen LogP contribution in [0.15, 0.2) is 16.5 Å². The Balaban J connectivity index is 1.82. The summed E-state index contributed by atoms with van der Waals surface area (Å²) in [6, 6.07) is 3.26. The lowest BCUT2D eigenvalue weighted by Crippen LogP contribution is -2.49. The Labute approximate surface area is 131 Å². The van der Waals surface area contributed by atoms with E-state index in [2.05, 4.69) is 10.0 Å². The smallest absolute Gasteiger partial charge is 0.317 e. The second-order valence-electron chi connectivity index (χ2n) is 5.77. The van der Waals surface area contributed by atoms with Crippen molar-refractivity contribution in [1.82, 2.24) is 14.9 Å². The molecule has 1 fully saturated rings. The lowest BCUT2D eigenvalue weighted by molar-refractivity contribution is 0.175. The zero-order valence-corrected chi connectivity index (χ0v) is 13.9. The number of hydrogen-bond acceptors (Lipinski definition) is 4. The number of carbonyl (C=O) groups excluding carboxylic acids is 1. The van der Waals surface area contributed by atoms with E-state index >= 15 is 0 Å². The standard InChI is InChI=1S/C14H23N3O4S/c1-10-4-5-13(21-10)11(2)15-14(18)17-8-6-12(7-9-17)16-22(3,19)20/h4-5,11-12,16H,6-9H2,1-3H3,(H,15,18). The Kier molecular flexibility index (Phi) is 5.12. The molecule has 1 aromatic heterocycles. The minimum Gasteiger partial charge on any atom is -0.464 e. The van der Waals surface area contributed by atoms with Gasteiger partial charge in [0.25, 0.3) is 0 Å². The van der Waals surface area contributed by atoms with Crippen molar-refractivity contribution in [2.24, 2.45) is 0 Å². The van der Waals surface area contributed by atoms with E-state index in [9.17, 15) is 13.2 Å². The summed E-state index contributed by atoms with van der Waals surface area (Å²) in [5.41, 5.74) is 0. The van der Waals surface area contributed by atoms with Gasteiger partial charge < -0.3 is 14.6 Å². The van der Waals surface area contributed by atoms with Crippen LogP contribution in [0.3, 0.4) is 0 Å². The van der Waals surface area contributed by atoms with E-state index in [-0.39, 0.29) is 18.1 Å². The van der Waals surface area contributed by atoms with Gasteiger partial charge in [0.2, 0.25) is 10.0 Å². The molecular formula is C14H23N3O4S. The highest BCUT2D eigenvalue weighted by Crippen LogP contribution is 2.17. The van der Waals surface area contributed by atoms with Gasteiger partial charge >= 0.3 is 6.03 Å². The Bertz CT molecular complexity index is 618. The summed E-state index contributed by atoms with van der Waals surface area (Å²) in [5.74, 6) is 1.53. The number of hydrogen-bond donors (Lipinski definition) is 2. The number of carbonyl (C=O) groups is 1. The molecule has 2 heterocycles. The molecule has 1 aromatic rings. The first-order valence-corrected chi connectivity index (χ1v) is 9.23. The summed E-state index contributed by atoms with van der Waals surface area (Å²) in [5, 5.41) is 2.90. The van der Waals surface area contributed by atoms with Crippen LogP contribution in [0, 0.1) is 6.92 Å². The van der Waals surface area contributed by atoms with Crippen LogP contribution in [-0.2, 0) is 10.0 Å². The van der Waals surface area contributed by atoms with Gasteiger partial charge in [-0.15, -0.1) is 0 Å². The maximum atomic E-state index is 12.2. The molecule has 1 atom stereocenters. The van der Waals surface area contributed by atoms with E-state index in [1.165, 1.54) is 0 Å². The molecular weight excluding hydrogens is 306 g/mol. The Morgan fingerprint density at radius 3 is 2.50 bits per heavy atom. The molecule has 0 spiro atoms. The van der Waals surface area contributed by atoms with E-state index in [1.54, 1.807) is 4.90 Å².